The van der Waals surface area contributed by atoms with Crippen LogP contribution in [0.1, 0.15) is 94.2 Å². The van der Waals surface area contributed by atoms with E-state index in [1.807, 2.05) is 36.6 Å². The lowest BCUT2D eigenvalue weighted by molar-refractivity contribution is -0.123. The fraction of sp³-hybridized carbons (Fsp3) is 0.487. The number of carbonyl (C=O) groups is 2. The van der Waals surface area contributed by atoms with Crippen molar-refractivity contribution in [3.63, 3.8) is 0 Å². The Morgan fingerprint density at radius 1 is 0.980 bits per heavy atom. The molecule has 2 aromatic heterocycles. The number of nitrogens with zero attached hydrogens (tertiary/aromatic N) is 5. The van der Waals surface area contributed by atoms with Crippen LogP contribution in [-0.4, -0.2) is 68.9 Å². The SMILES string of the molecule is Cc1ccc(Nc2nc(-c3ccc4c(c3)N([C@H]3C[C@@H](N5CCCCC5)C3)C(=O)C4(C)C)cc3ncn(C(C)C)c23)cc1C(=O)N[C@@H](C)C(F)F. The first-order chi connectivity index (χ1) is 23.8. The Hall–Kier alpha value is -4.38. The predicted molar refractivity (Wildman–Crippen MR) is 193 cm³/mol. The lowest BCUT2D eigenvalue weighted by Gasteiger charge is -2.48. The van der Waals surface area contributed by atoms with E-state index in [1.54, 1.807) is 25.4 Å². The van der Waals surface area contributed by atoms with Gasteiger partial charge in [-0.3, -0.25) is 9.59 Å². The van der Waals surface area contributed by atoms with Gasteiger partial charge in [0, 0.05) is 40.6 Å². The number of benzene rings is 2. The summed E-state index contributed by atoms with van der Waals surface area (Å²) < 4.78 is 28.5. The summed E-state index contributed by atoms with van der Waals surface area (Å²) in [5.74, 6) is 0.138. The van der Waals surface area contributed by atoms with Gasteiger partial charge in [-0.2, -0.15) is 0 Å². The highest BCUT2D eigenvalue weighted by Crippen LogP contribution is 2.48. The van der Waals surface area contributed by atoms with E-state index in [2.05, 4.69) is 46.4 Å². The van der Waals surface area contributed by atoms with Crippen molar-refractivity contribution in [3.8, 4) is 11.3 Å². The van der Waals surface area contributed by atoms with Crippen LogP contribution in [0.5, 0.6) is 0 Å². The number of imidazole rings is 1. The molecule has 264 valence electrons. The van der Waals surface area contributed by atoms with Gasteiger partial charge in [0.2, 0.25) is 5.91 Å². The van der Waals surface area contributed by atoms with Gasteiger partial charge < -0.3 is 25.0 Å². The summed E-state index contributed by atoms with van der Waals surface area (Å²) in [7, 11) is 0. The summed E-state index contributed by atoms with van der Waals surface area (Å²) in [5, 5.41) is 5.82. The van der Waals surface area contributed by atoms with Crippen molar-refractivity contribution < 1.29 is 18.4 Å². The van der Waals surface area contributed by atoms with Crippen LogP contribution in [0.4, 0.5) is 26.0 Å². The minimum Gasteiger partial charge on any atom is -0.344 e. The van der Waals surface area contributed by atoms with Gasteiger partial charge in [0.1, 0.15) is 5.52 Å². The first-order valence-corrected chi connectivity index (χ1v) is 17.9. The zero-order valence-electron chi connectivity index (χ0n) is 29.8. The summed E-state index contributed by atoms with van der Waals surface area (Å²) >= 11 is 0. The minimum absolute atomic E-state index is 0.0985. The highest BCUT2D eigenvalue weighted by molar-refractivity contribution is 6.09. The van der Waals surface area contributed by atoms with Crippen molar-refractivity contribution in [1.29, 1.82) is 0 Å². The molecule has 4 heterocycles. The van der Waals surface area contributed by atoms with Crippen LogP contribution in [0.25, 0.3) is 22.3 Å². The molecular formula is C39H47F2N7O2. The van der Waals surface area contributed by atoms with Gasteiger partial charge in [-0.1, -0.05) is 24.6 Å². The molecule has 9 nitrogen and oxygen atoms in total. The average molecular weight is 684 g/mol. The second-order valence-electron chi connectivity index (χ2n) is 15.1. The number of piperidine rings is 1. The Kier molecular flexibility index (Phi) is 8.90. The van der Waals surface area contributed by atoms with E-state index in [0.29, 0.717) is 34.4 Å². The number of anilines is 3. The maximum atomic E-state index is 13.9. The molecule has 0 unspecified atom stereocenters. The molecule has 1 aliphatic carbocycles. The fourth-order valence-corrected chi connectivity index (χ4v) is 7.77. The Morgan fingerprint density at radius 2 is 1.72 bits per heavy atom. The van der Waals surface area contributed by atoms with Gasteiger partial charge in [-0.15, -0.1) is 0 Å². The van der Waals surface area contributed by atoms with Crippen molar-refractivity contribution in [2.75, 3.05) is 23.3 Å². The molecule has 2 amide bonds. The number of nitrogens with one attached hydrogen (secondary N) is 2. The molecule has 2 fully saturated rings. The average Bonchev–Trinajstić information content (AvgIpc) is 3.59. The third-order valence-corrected chi connectivity index (χ3v) is 10.9. The molecule has 0 bridgehead atoms. The maximum absolute atomic E-state index is 13.9. The van der Waals surface area contributed by atoms with Crippen molar-refractivity contribution in [2.24, 2.45) is 0 Å². The summed E-state index contributed by atoms with van der Waals surface area (Å²) in [5.41, 5.74) is 6.06. The lowest BCUT2D eigenvalue weighted by Crippen LogP contribution is -2.57. The number of pyridine rings is 1. The third kappa shape index (κ3) is 6.03. The number of aromatic nitrogens is 3. The lowest BCUT2D eigenvalue weighted by atomic mass is 9.82. The molecular weight excluding hydrogens is 636 g/mol. The third-order valence-electron chi connectivity index (χ3n) is 10.9. The molecule has 0 radical (unpaired) electrons. The maximum Gasteiger partial charge on any atom is 0.258 e. The Labute approximate surface area is 292 Å². The molecule has 50 heavy (non-hydrogen) atoms. The number of alkyl halides is 2. The van der Waals surface area contributed by atoms with E-state index >= 15 is 0 Å². The van der Waals surface area contributed by atoms with E-state index in [1.165, 1.54) is 26.2 Å². The molecule has 2 N–H and O–H groups in total. The molecule has 2 aliphatic heterocycles. The molecule has 1 saturated carbocycles. The van der Waals surface area contributed by atoms with Crippen LogP contribution < -0.4 is 15.5 Å². The second kappa shape index (κ2) is 13.1. The summed E-state index contributed by atoms with van der Waals surface area (Å²) in [6, 6.07) is 13.0. The van der Waals surface area contributed by atoms with Crippen LogP contribution in [0.2, 0.25) is 0 Å². The van der Waals surface area contributed by atoms with E-state index in [4.69, 9.17) is 9.97 Å². The summed E-state index contributed by atoms with van der Waals surface area (Å²) in [4.78, 5) is 41.4. The topological polar surface area (TPSA) is 95.4 Å². The number of carbonyl (C=O) groups excluding carboxylic acids is 2. The zero-order chi connectivity index (χ0) is 35.5. The molecule has 0 spiro atoms. The van der Waals surface area contributed by atoms with Crippen molar-refractivity contribution in [3.05, 3.63) is 65.5 Å². The molecule has 7 rings (SSSR count). The predicted octanol–water partition coefficient (Wildman–Crippen LogP) is 7.76. The quantitative estimate of drug-likeness (QED) is 0.187. The molecule has 1 atom stereocenters. The number of fused-ring (bicyclic) bond motifs is 2. The highest BCUT2D eigenvalue weighted by Gasteiger charge is 2.50. The van der Waals surface area contributed by atoms with Gasteiger partial charge >= 0.3 is 0 Å². The van der Waals surface area contributed by atoms with Gasteiger partial charge in [0.25, 0.3) is 12.3 Å². The van der Waals surface area contributed by atoms with Crippen molar-refractivity contribution >= 4 is 40.0 Å². The van der Waals surface area contributed by atoms with E-state index in [9.17, 15) is 18.4 Å². The largest absolute Gasteiger partial charge is 0.344 e. The van der Waals surface area contributed by atoms with Crippen molar-refractivity contribution in [1.82, 2.24) is 24.8 Å². The highest BCUT2D eigenvalue weighted by atomic mass is 19.3. The normalized spacial score (nSPS) is 21.1. The molecule has 2 aromatic carbocycles. The Balaban J connectivity index is 1.24. The van der Waals surface area contributed by atoms with Gasteiger partial charge in [-0.05, 0) is 116 Å². The van der Waals surface area contributed by atoms with E-state index in [-0.39, 0.29) is 18.0 Å². The van der Waals surface area contributed by atoms with E-state index < -0.39 is 23.8 Å². The number of hydrogen-bond acceptors (Lipinski definition) is 6. The van der Waals surface area contributed by atoms with E-state index in [0.717, 1.165) is 53.8 Å². The first-order valence-electron chi connectivity index (χ1n) is 17.9. The number of amides is 2. The molecule has 4 aromatic rings. The van der Waals surface area contributed by atoms with Crippen molar-refractivity contribution in [2.45, 2.75) is 110 Å². The number of aryl methyl sites for hydroxylation is 1. The standard InChI is InChI=1S/C39H47F2N7O2/c1-22(2)47-21-42-32-20-31(45-36(34(32)47)44-26-12-10-23(3)29(17-26)37(49)43-24(4)35(40)41)25-11-13-30-33(16-25)48(38(50)39(30,5)6)28-18-27(19-28)46-14-8-7-9-15-46/h10-13,16-17,20-22,24,27-28,35H,7-9,14-15,18-19H2,1-6H3,(H,43,49)(H,44,45)/t24-,27-,28+/m0/s1. The monoisotopic (exact) mass is 683 g/mol. The molecule has 3 aliphatic rings. The first kappa shape index (κ1) is 34.1. The summed E-state index contributed by atoms with van der Waals surface area (Å²) in [6.07, 6.45) is 4.94. The number of rotatable bonds is 9. The summed E-state index contributed by atoms with van der Waals surface area (Å²) in [6.45, 7) is 13.5. The van der Waals surface area contributed by atoms with Crippen LogP contribution in [0.15, 0.2) is 48.8 Å². The molecule has 11 heteroatoms. The fourth-order valence-electron chi connectivity index (χ4n) is 7.77. The minimum atomic E-state index is -2.67. The smallest absolute Gasteiger partial charge is 0.258 e. The zero-order valence-corrected chi connectivity index (χ0v) is 29.8. The number of likely N-dealkylation sites (tertiary alicyclic amines) is 1. The number of hydrogen-bond donors (Lipinski definition) is 2. The number of halogens is 2. The Morgan fingerprint density at radius 3 is 2.42 bits per heavy atom. The Bertz CT molecular complexity index is 1940. The van der Waals surface area contributed by atoms with Gasteiger partial charge in [-0.25, -0.2) is 18.7 Å². The van der Waals surface area contributed by atoms with Gasteiger partial charge in [0.15, 0.2) is 5.82 Å². The van der Waals surface area contributed by atoms with Crippen LogP contribution in [-0.2, 0) is 10.2 Å². The second-order valence-corrected chi connectivity index (χ2v) is 15.1. The van der Waals surface area contributed by atoms with Crippen LogP contribution >= 0.6 is 0 Å². The van der Waals surface area contributed by atoms with Gasteiger partial charge in [0.05, 0.1) is 29.0 Å². The van der Waals surface area contributed by atoms with Crippen LogP contribution in [0, 0.1) is 6.92 Å². The van der Waals surface area contributed by atoms with Crippen LogP contribution in [0.3, 0.4) is 0 Å². The molecule has 1 saturated heterocycles.